The lowest BCUT2D eigenvalue weighted by molar-refractivity contribution is -0.138. The summed E-state index contributed by atoms with van der Waals surface area (Å²) >= 11 is 0. The van der Waals surface area contributed by atoms with Crippen molar-refractivity contribution in [2.75, 3.05) is 11.9 Å². The van der Waals surface area contributed by atoms with Crippen LogP contribution in [0.4, 0.5) is 10.1 Å². The zero-order chi connectivity index (χ0) is 23.7. The number of carbonyl (C=O) groups excluding carboxylic acids is 5. The molecule has 0 radical (unpaired) electrons. The second kappa shape index (κ2) is 11.9. The molecule has 1 aromatic carbocycles. The molecule has 174 valence electrons. The van der Waals surface area contributed by atoms with E-state index >= 15 is 0 Å². The number of rotatable bonds is 9. The van der Waals surface area contributed by atoms with E-state index in [0.29, 0.717) is 19.3 Å². The lowest BCUT2D eigenvalue weighted by Gasteiger charge is -2.26. The summed E-state index contributed by atoms with van der Waals surface area (Å²) in [4.78, 5) is 60.7. The smallest absolute Gasteiger partial charge is 0.313 e. The lowest BCUT2D eigenvalue weighted by Crippen LogP contribution is -2.53. The number of hydrogen-bond donors (Lipinski definition) is 4. The second-order valence-electron chi connectivity index (χ2n) is 8.21. The first-order valence-electron chi connectivity index (χ1n) is 10.6. The minimum absolute atomic E-state index is 0.0144. The second-order valence-corrected chi connectivity index (χ2v) is 8.21. The Hall–Kier alpha value is -3.30. The fourth-order valence-electron chi connectivity index (χ4n) is 3.47. The quantitative estimate of drug-likeness (QED) is 0.329. The van der Waals surface area contributed by atoms with Gasteiger partial charge in [0.05, 0.1) is 11.7 Å². The van der Waals surface area contributed by atoms with Gasteiger partial charge in [0.2, 0.25) is 11.8 Å². The third kappa shape index (κ3) is 7.44. The molecule has 4 amide bonds. The van der Waals surface area contributed by atoms with Crippen LogP contribution in [0.15, 0.2) is 24.3 Å². The molecular formula is C22H29FN4O5. The van der Waals surface area contributed by atoms with Crippen molar-refractivity contribution in [2.24, 2.45) is 11.8 Å². The molecule has 0 aliphatic carbocycles. The zero-order valence-corrected chi connectivity index (χ0v) is 18.2. The van der Waals surface area contributed by atoms with E-state index in [1.807, 2.05) is 13.8 Å². The van der Waals surface area contributed by atoms with Gasteiger partial charge in [-0.25, -0.2) is 4.39 Å². The zero-order valence-electron chi connectivity index (χ0n) is 18.2. The van der Waals surface area contributed by atoms with Crippen LogP contribution in [-0.2, 0) is 24.0 Å². The summed E-state index contributed by atoms with van der Waals surface area (Å²) in [6, 6.07) is 3.38. The van der Waals surface area contributed by atoms with E-state index in [0.717, 1.165) is 12.5 Å². The van der Waals surface area contributed by atoms with Crippen LogP contribution in [-0.4, -0.2) is 48.5 Å². The summed E-state index contributed by atoms with van der Waals surface area (Å²) in [6.45, 7) is 4.25. The average Bonchev–Trinajstić information content (AvgIpc) is 2.75. The van der Waals surface area contributed by atoms with Gasteiger partial charge in [0, 0.05) is 12.5 Å². The van der Waals surface area contributed by atoms with Gasteiger partial charge in [0.15, 0.2) is 0 Å². The monoisotopic (exact) mass is 448 g/mol. The first kappa shape index (κ1) is 25.0. The number of piperidine rings is 1. The molecule has 1 fully saturated rings. The highest BCUT2D eigenvalue weighted by atomic mass is 19.1. The maximum absolute atomic E-state index is 13.7. The first-order valence-corrected chi connectivity index (χ1v) is 10.6. The molecule has 0 saturated carbocycles. The number of halogens is 1. The number of carbonyl (C=O) groups is 5. The maximum atomic E-state index is 13.7. The molecule has 1 saturated heterocycles. The number of nitrogens with one attached hydrogen (secondary N) is 4. The van der Waals surface area contributed by atoms with Crippen LogP contribution in [0.5, 0.6) is 0 Å². The van der Waals surface area contributed by atoms with Gasteiger partial charge >= 0.3 is 11.8 Å². The molecule has 32 heavy (non-hydrogen) atoms. The van der Waals surface area contributed by atoms with Gasteiger partial charge in [0.25, 0.3) is 0 Å². The fraction of sp³-hybridized carbons (Fsp3) is 0.500. The van der Waals surface area contributed by atoms with Crippen LogP contribution in [0.1, 0.15) is 39.5 Å². The van der Waals surface area contributed by atoms with E-state index in [2.05, 4.69) is 21.3 Å². The molecule has 0 unspecified atom stereocenters. The lowest BCUT2D eigenvalue weighted by atomic mass is 9.91. The van der Waals surface area contributed by atoms with Crippen molar-refractivity contribution in [2.45, 2.75) is 51.6 Å². The number of hydrogen-bond acceptors (Lipinski definition) is 5. The topological polar surface area (TPSA) is 133 Å². The van der Waals surface area contributed by atoms with E-state index in [1.54, 1.807) is 0 Å². The van der Waals surface area contributed by atoms with Crippen molar-refractivity contribution in [3.63, 3.8) is 0 Å². The van der Waals surface area contributed by atoms with Gasteiger partial charge in [0.1, 0.15) is 18.1 Å². The fourth-order valence-corrected chi connectivity index (χ4v) is 3.47. The van der Waals surface area contributed by atoms with Gasteiger partial charge in [-0.1, -0.05) is 26.0 Å². The summed E-state index contributed by atoms with van der Waals surface area (Å²) < 4.78 is 13.7. The summed E-state index contributed by atoms with van der Waals surface area (Å²) in [7, 11) is 0. The molecule has 9 nitrogen and oxygen atoms in total. The van der Waals surface area contributed by atoms with Crippen molar-refractivity contribution in [3.8, 4) is 0 Å². The predicted octanol–water partition coefficient (Wildman–Crippen LogP) is 0.895. The Morgan fingerprint density at radius 2 is 1.91 bits per heavy atom. The molecule has 1 aromatic rings. The summed E-state index contributed by atoms with van der Waals surface area (Å²) in [5, 5.41) is 9.79. The van der Waals surface area contributed by atoms with Crippen molar-refractivity contribution in [1.82, 2.24) is 16.0 Å². The minimum atomic E-state index is -1.12. The Morgan fingerprint density at radius 3 is 2.53 bits per heavy atom. The Morgan fingerprint density at radius 1 is 1.19 bits per heavy atom. The number of amides is 4. The van der Waals surface area contributed by atoms with E-state index < -0.39 is 35.6 Å². The van der Waals surface area contributed by atoms with Crippen LogP contribution in [0.25, 0.3) is 0 Å². The third-order valence-corrected chi connectivity index (χ3v) is 5.09. The van der Waals surface area contributed by atoms with E-state index in [4.69, 9.17) is 0 Å². The Labute approximate surface area is 185 Å². The molecule has 10 heteroatoms. The van der Waals surface area contributed by atoms with Gasteiger partial charge in [-0.2, -0.15) is 0 Å². The van der Waals surface area contributed by atoms with Crippen LogP contribution < -0.4 is 21.3 Å². The predicted molar refractivity (Wildman–Crippen MR) is 115 cm³/mol. The Bertz CT molecular complexity index is 860. The number of anilines is 1. The van der Waals surface area contributed by atoms with Crippen LogP contribution in [0, 0.1) is 17.7 Å². The van der Waals surface area contributed by atoms with E-state index in [9.17, 15) is 28.4 Å². The van der Waals surface area contributed by atoms with E-state index in [1.165, 1.54) is 18.2 Å². The van der Waals surface area contributed by atoms with Crippen molar-refractivity contribution >= 4 is 35.6 Å². The highest BCUT2D eigenvalue weighted by Gasteiger charge is 2.30. The Kier molecular flexibility index (Phi) is 9.30. The van der Waals surface area contributed by atoms with Crippen molar-refractivity contribution in [3.05, 3.63) is 30.1 Å². The van der Waals surface area contributed by atoms with Gasteiger partial charge in [-0.3, -0.25) is 19.2 Å². The SMILES string of the molecule is CC(C)C[C@H](NC(=O)C(=O)Nc1ccccc1F)C(=O)N[C@H](C=O)C[C@@H]1CCCNC1=O. The molecule has 4 N–H and O–H groups in total. The van der Waals surface area contributed by atoms with E-state index in [-0.39, 0.29) is 36.3 Å². The summed E-state index contributed by atoms with van der Waals surface area (Å²) in [5.74, 6) is -4.13. The summed E-state index contributed by atoms with van der Waals surface area (Å²) in [5.41, 5.74) is -0.163. The van der Waals surface area contributed by atoms with Crippen molar-refractivity contribution < 1.29 is 28.4 Å². The van der Waals surface area contributed by atoms with Gasteiger partial charge in [-0.05, 0) is 43.7 Å². The molecule has 1 aliphatic heterocycles. The molecule has 1 aliphatic rings. The van der Waals surface area contributed by atoms with Crippen LogP contribution in [0.2, 0.25) is 0 Å². The first-order chi connectivity index (χ1) is 15.2. The number of benzene rings is 1. The molecule has 0 spiro atoms. The molecular weight excluding hydrogens is 419 g/mol. The molecule has 3 atom stereocenters. The largest absolute Gasteiger partial charge is 0.356 e. The number of para-hydroxylation sites is 1. The molecule has 2 rings (SSSR count). The Balaban J connectivity index is 2.00. The highest BCUT2D eigenvalue weighted by molar-refractivity contribution is 6.40. The maximum Gasteiger partial charge on any atom is 0.313 e. The van der Waals surface area contributed by atoms with Crippen molar-refractivity contribution in [1.29, 1.82) is 0 Å². The standard InChI is InChI=1S/C22H29FN4O5/c1-13(2)10-18(27-22(32)21(31)26-17-8-4-3-7-16(17)23)20(30)25-15(12-28)11-14-6-5-9-24-19(14)29/h3-4,7-8,12-15,18H,5-6,9-11H2,1-2H3,(H,24,29)(H,25,30)(H,26,31)(H,27,32)/t14-,15-,18-/m0/s1. The highest BCUT2D eigenvalue weighted by Crippen LogP contribution is 2.17. The average molecular weight is 448 g/mol. The molecule has 0 aromatic heterocycles. The van der Waals surface area contributed by atoms with Gasteiger partial charge < -0.3 is 26.1 Å². The van der Waals surface area contributed by atoms with Crippen LogP contribution >= 0.6 is 0 Å². The number of aldehydes is 1. The summed E-state index contributed by atoms with van der Waals surface area (Å²) in [6.07, 6.45) is 2.32. The third-order valence-electron chi connectivity index (χ3n) is 5.09. The normalized spacial score (nSPS) is 17.6. The van der Waals surface area contributed by atoms with Crippen LogP contribution in [0.3, 0.4) is 0 Å². The molecule has 1 heterocycles. The van der Waals surface area contributed by atoms with Gasteiger partial charge in [-0.15, -0.1) is 0 Å². The minimum Gasteiger partial charge on any atom is -0.356 e. The molecule has 0 bridgehead atoms.